The Kier molecular flexibility index (Phi) is 7.05. The van der Waals surface area contributed by atoms with Gasteiger partial charge in [-0.25, -0.2) is 9.59 Å². The van der Waals surface area contributed by atoms with Gasteiger partial charge in [-0.05, 0) is 13.8 Å². The molecule has 0 unspecified atom stereocenters. The van der Waals surface area contributed by atoms with Crippen LogP contribution in [0.1, 0.15) is 27.7 Å². The molecule has 21 heavy (non-hydrogen) atoms. The van der Waals surface area contributed by atoms with Crippen LogP contribution in [0.5, 0.6) is 0 Å². The summed E-state index contributed by atoms with van der Waals surface area (Å²) in [5.41, 5.74) is 0. The van der Waals surface area contributed by atoms with Crippen molar-refractivity contribution in [3.63, 3.8) is 0 Å². The Bertz CT molecular complexity index is 454. The fraction of sp³-hybridized carbons (Fsp3) is 0.583. The molecule has 1 N–H and O–H groups in total. The van der Waals surface area contributed by atoms with Crippen LogP contribution in [-0.2, 0) is 38.2 Å². The normalized spacial score (nSPS) is 14.3. The molecular weight excluding hydrogens is 288 g/mol. The molecule has 0 spiro atoms. The van der Waals surface area contributed by atoms with Crippen LogP contribution < -0.4 is 0 Å². The molecule has 0 rings (SSSR count). The summed E-state index contributed by atoms with van der Waals surface area (Å²) >= 11 is 0. The highest BCUT2D eigenvalue weighted by Crippen LogP contribution is 2.11. The minimum atomic E-state index is -1.87. The lowest BCUT2D eigenvalue weighted by molar-refractivity contribution is -0.187. The predicted molar refractivity (Wildman–Crippen MR) is 65.0 cm³/mol. The Morgan fingerprint density at radius 3 is 1.57 bits per heavy atom. The zero-order chi connectivity index (χ0) is 16.7. The van der Waals surface area contributed by atoms with Crippen LogP contribution in [0.3, 0.4) is 0 Å². The maximum atomic E-state index is 11.8. The number of ketones is 1. The number of carboxylic acids is 1. The van der Waals surface area contributed by atoms with Gasteiger partial charge in [0.25, 0.3) is 0 Å². The average molecular weight is 304 g/mol. The van der Waals surface area contributed by atoms with Crippen LogP contribution in [0, 0.1) is 0 Å². The Morgan fingerprint density at radius 2 is 1.24 bits per heavy atom. The average Bonchev–Trinajstić information content (AvgIpc) is 2.32. The largest absolute Gasteiger partial charge is 0.479 e. The van der Waals surface area contributed by atoms with E-state index >= 15 is 0 Å². The minimum Gasteiger partial charge on any atom is -0.479 e. The highest BCUT2D eigenvalue weighted by atomic mass is 16.6. The molecule has 0 aliphatic rings. The molecule has 118 valence electrons. The first-order chi connectivity index (χ1) is 9.56. The Balaban J connectivity index is 5.27. The number of hydrogen-bond acceptors (Lipinski definition) is 8. The van der Waals surface area contributed by atoms with E-state index in [9.17, 15) is 24.0 Å². The lowest BCUT2D eigenvalue weighted by Crippen LogP contribution is -2.46. The fourth-order valence-electron chi connectivity index (χ4n) is 1.24. The molecule has 0 aromatic heterocycles. The van der Waals surface area contributed by atoms with E-state index < -0.39 is 48.0 Å². The van der Waals surface area contributed by atoms with E-state index in [1.807, 2.05) is 0 Å². The number of carbonyl (C=O) groups is 5. The van der Waals surface area contributed by atoms with Crippen molar-refractivity contribution in [1.82, 2.24) is 0 Å². The van der Waals surface area contributed by atoms with E-state index in [4.69, 9.17) is 5.11 Å². The van der Waals surface area contributed by atoms with Crippen LogP contribution in [-0.4, -0.2) is 53.1 Å². The third-order valence-electron chi connectivity index (χ3n) is 2.13. The van der Waals surface area contributed by atoms with Crippen LogP contribution in [0.15, 0.2) is 0 Å². The van der Waals surface area contributed by atoms with E-state index in [-0.39, 0.29) is 0 Å². The van der Waals surface area contributed by atoms with Crippen LogP contribution >= 0.6 is 0 Å². The molecule has 0 aliphatic carbocycles. The van der Waals surface area contributed by atoms with Gasteiger partial charge < -0.3 is 19.3 Å². The maximum absolute atomic E-state index is 11.8. The van der Waals surface area contributed by atoms with Crippen molar-refractivity contribution in [2.24, 2.45) is 0 Å². The molecule has 0 amide bonds. The van der Waals surface area contributed by atoms with Crippen molar-refractivity contribution in [1.29, 1.82) is 0 Å². The van der Waals surface area contributed by atoms with E-state index in [2.05, 4.69) is 14.2 Å². The van der Waals surface area contributed by atoms with Crippen molar-refractivity contribution in [3.05, 3.63) is 0 Å². The fourth-order valence-corrected chi connectivity index (χ4v) is 1.24. The van der Waals surface area contributed by atoms with Crippen LogP contribution in [0.25, 0.3) is 0 Å². The molecule has 0 aliphatic heterocycles. The zero-order valence-electron chi connectivity index (χ0n) is 11.9. The van der Waals surface area contributed by atoms with Gasteiger partial charge in [-0.3, -0.25) is 14.4 Å². The van der Waals surface area contributed by atoms with Crippen molar-refractivity contribution in [3.8, 4) is 0 Å². The molecule has 0 aromatic carbocycles. The number of ether oxygens (including phenoxy) is 3. The Hall–Kier alpha value is -2.45. The molecule has 0 saturated heterocycles. The van der Waals surface area contributed by atoms with Gasteiger partial charge in [0.2, 0.25) is 12.2 Å². The van der Waals surface area contributed by atoms with Gasteiger partial charge in [-0.1, -0.05) is 0 Å². The second kappa shape index (κ2) is 7.98. The standard InChI is InChI=1S/C12H16O9/c1-5(13)9(20-7(3)14)10(21-8(4)15)12(18)19-6(2)11(16)17/h6,9-10H,1-4H3,(H,16,17)/t6-,9+,10-/m0/s1. The summed E-state index contributed by atoms with van der Waals surface area (Å²) in [6.45, 7) is 4.04. The van der Waals surface area contributed by atoms with Crippen molar-refractivity contribution in [2.45, 2.75) is 46.0 Å². The third-order valence-corrected chi connectivity index (χ3v) is 2.13. The van der Waals surface area contributed by atoms with Gasteiger partial charge in [-0.2, -0.15) is 0 Å². The molecule has 0 radical (unpaired) electrons. The number of hydrogen-bond donors (Lipinski definition) is 1. The summed E-state index contributed by atoms with van der Waals surface area (Å²) in [4.78, 5) is 55.8. The number of Topliss-reactive ketones (excluding diaryl/α,β-unsaturated/α-hetero) is 1. The molecule has 0 aromatic rings. The first-order valence-corrected chi connectivity index (χ1v) is 5.84. The van der Waals surface area contributed by atoms with Gasteiger partial charge in [0.1, 0.15) is 0 Å². The molecule has 0 fully saturated rings. The SMILES string of the molecule is CC(=O)O[C@H](C(C)=O)[C@H](OC(C)=O)C(=O)O[C@@H](C)C(=O)O. The Labute approximate surface area is 120 Å². The summed E-state index contributed by atoms with van der Waals surface area (Å²) in [5.74, 6) is -5.32. The minimum absolute atomic E-state index is 0.767. The van der Waals surface area contributed by atoms with Crippen molar-refractivity contribution >= 4 is 29.7 Å². The maximum Gasteiger partial charge on any atom is 0.352 e. The van der Waals surface area contributed by atoms with Crippen LogP contribution in [0.4, 0.5) is 0 Å². The predicted octanol–water partition coefficient (Wildman–Crippen LogP) is -0.545. The van der Waals surface area contributed by atoms with Crippen LogP contribution in [0.2, 0.25) is 0 Å². The summed E-state index contributed by atoms with van der Waals surface area (Å²) in [6, 6.07) is 0. The summed E-state index contributed by atoms with van der Waals surface area (Å²) in [6.07, 6.45) is -5.11. The number of aliphatic carboxylic acids is 1. The third kappa shape index (κ3) is 6.50. The van der Waals surface area contributed by atoms with Gasteiger partial charge in [0, 0.05) is 13.8 Å². The lowest BCUT2D eigenvalue weighted by atomic mass is 10.1. The first kappa shape index (κ1) is 18.6. The Morgan fingerprint density at radius 1 is 0.810 bits per heavy atom. The van der Waals surface area contributed by atoms with Gasteiger partial charge in [0.05, 0.1) is 0 Å². The second-order valence-electron chi connectivity index (χ2n) is 4.09. The smallest absolute Gasteiger partial charge is 0.352 e. The molecular formula is C12H16O9. The number of carboxylic acid groups (broad SMARTS) is 1. The number of esters is 3. The molecule has 9 nitrogen and oxygen atoms in total. The number of rotatable bonds is 7. The monoisotopic (exact) mass is 304 g/mol. The van der Waals surface area contributed by atoms with E-state index in [0.717, 1.165) is 27.7 Å². The van der Waals surface area contributed by atoms with Gasteiger partial charge >= 0.3 is 23.9 Å². The highest BCUT2D eigenvalue weighted by Gasteiger charge is 2.39. The molecule has 0 heterocycles. The van der Waals surface area contributed by atoms with E-state index in [0.29, 0.717) is 0 Å². The second-order valence-corrected chi connectivity index (χ2v) is 4.09. The topological polar surface area (TPSA) is 133 Å². The highest BCUT2D eigenvalue weighted by molar-refractivity contribution is 5.92. The quantitative estimate of drug-likeness (QED) is 0.486. The molecule has 9 heteroatoms. The first-order valence-electron chi connectivity index (χ1n) is 5.84. The van der Waals surface area contributed by atoms with Gasteiger partial charge in [0.15, 0.2) is 11.9 Å². The van der Waals surface area contributed by atoms with Gasteiger partial charge in [-0.15, -0.1) is 0 Å². The molecule has 0 saturated carbocycles. The lowest BCUT2D eigenvalue weighted by Gasteiger charge is -2.23. The zero-order valence-corrected chi connectivity index (χ0v) is 11.9. The van der Waals surface area contributed by atoms with E-state index in [1.54, 1.807) is 0 Å². The summed E-state index contributed by atoms with van der Waals surface area (Å²) < 4.78 is 13.8. The van der Waals surface area contributed by atoms with Crippen molar-refractivity contribution in [2.75, 3.05) is 0 Å². The molecule has 0 bridgehead atoms. The van der Waals surface area contributed by atoms with Crippen molar-refractivity contribution < 1.29 is 43.3 Å². The molecule has 3 atom stereocenters. The number of carbonyl (C=O) groups excluding carboxylic acids is 4. The summed E-state index contributed by atoms with van der Waals surface area (Å²) in [7, 11) is 0. The summed E-state index contributed by atoms with van der Waals surface area (Å²) in [5, 5.41) is 8.65. The van der Waals surface area contributed by atoms with E-state index in [1.165, 1.54) is 0 Å².